The Morgan fingerprint density at radius 2 is 1.76 bits per heavy atom. The molecule has 0 radical (unpaired) electrons. The van der Waals surface area contributed by atoms with Crippen molar-refractivity contribution in [1.82, 2.24) is 10.5 Å². The molecule has 0 aliphatic carbocycles. The monoisotopic (exact) mass is 392 g/mol. The van der Waals surface area contributed by atoms with E-state index in [1.807, 2.05) is 70.2 Å². The number of aryl methyl sites for hydroxylation is 4. The molecule has 0 saturated carbocycles. The normalized spacial score (nSPS) is 11.9. The van der Waals surface area contributed by atoms with Crippen LogP contribution in [0, 0.1) is 27.7 Å². The molecule has 152 valence electrons. The number of hydrogen-bond donors (Lipinski definition) is 1. The third-order valence-electron chi connectivity index (χ3n) is 5.11. The smallest absolute Gasteiger partial charge is 0.274 e. The quantitative estimate of drug-likeness (QED) is 0.587. The summed E-state index contributed by atoms with van der Waals surface area (Å²) in [5.41, 5.74) is 5.36. The number of rotatable bonds is 7. The summed E-state index contributed by atoms with van der Waals surface area (Å²) >= 11 is 0. The molecule has 0 aliphatic rings. The highest BCUT2D eigenvalue weighted by Gasteiger charge is 2.23. The first-order chi connectivity index (χ1) is 13.9. The van der Waals surface area contributed by atoms with Crippen molar-refractivity contribution in [2.75, 3.05) is 0 Å². The number of aromatic nitrogens is 1. The molecular weight excluding hydrogens is 364 g/mol. The summed E-state index contributed by atoms with van der Waals surface area (Å²) in [6, 6.07) is 14.1. The molecule has 3 aromatic rings. The van der Waals surface area contributed by atoms with E-state index in [0.29, 0.717) is 11.3 Å². The average molecular weight is 392 g/mol. The summed E-state index contributed by atoms with van der Waals surface area (Å²) in [6.07, 6.45) is 0.778. The van der Waals surface area contributed by atoms with E-state index in [0.717, 1.165) is 28.9 Å². The molecule has 3 rings (SSSR count). The number of carbonyl (C=O) groups is 1. The van der Waals surface area contributed by atoms with E-state index in [4.69, 9.17) is 9.26 Å². The molecule has 1 N–H and O–H groups in total. The fraction of sp³-hybridized carbons (Fsp3) is 0.333. The van der Waals surface area contributed by atoms with E-state index in [2.05, 4.69) is 10.5 Å². The van der Waals surface area contributed by atoms with Crippen LogP contribution in [-0.2, 0) is 6.61 Å². The zero-order valence-corrected chi connectivity index (χ0v) is 17.7. The third-order valence-corrected chi connectivity index (χ3v) is 5.11. The van der Waals surface area contributed by atoms with Gasteiger partial charge in [-0.1, -0.05) is 54.0 Å². The van der Waals surface area contributed by atoms with Gasteiger partial charge in [-0.2, -0.15) is 0 Å². The summed E-state index contributed by atoms with van der Waals surface area (Å²) in [5, 5.41) is 7.07. The van der Waals surface area contributed by atoms with Crippen molar-refractivity contribution in [3.8, 4) is 5.75 Å². The second-order valence-corrected chi connectivity index (χ2v) is 7.47. The van der Waals surface area contributed by atoms with Gasteiger partial charge in [-0.05, 0) is 56.9 Å². The van der Waals surface area contributed by atoms with Crippen LogP contribution >= 0.6 is 0 Å². The van der Waals surface area contributed by atoms with Crippen LogP contribution in [0.5, 0.6) is 5.75 Å². The van der Waals surface area contributed by atoms with Gasteiger partial charge in [0.15, 0.2) is 5.69 Å². The molecule has 1 heterocycles. The van der Waals surface area contributed by atoms with Crippen LogP contribution in [0.3, 0.4) is 0 Å². The number of amides is 1. The third kappa shape index (κ3) is 4.86. The Balaban J connectivity index is 1.76. The van der Waals surface area contributed by atoms with Crippen LogP contribution in [-0.4, -0.2) is 11.1 Å². The van der Waals surface area contributed by atoms with E-state index in [-0.39, 0.29) is 24.2 Å². The first-order valence-electron chi connectivity index (χ1n) is 9.91. The summed E-state index contributed by atoms with van der Waals surface area (Å²) in [7, 11) is 0. The molecule has 5 nitrogen and oxygen atoms in total. The molecule has 1 unspecified atom stereocenters. The lowest BCUT2D eigenvalue weighted by Crippen LogP contribution is -2.29. The van der Waals surface area contributed by atoms with Crippen LogP contribution in [0.15, 0.2) is 47.0 Å². The average Bonchev–Trinajstić information content (AvgIpc) is 3.08. The lowest BCUT2D eigenvalue weighted by atomic mass is 10.0. The molecule has 1 aromatic heterocycles. The van der Waals surface area contributed by atoms with E-state index >= 15 is 0 Å². The number of carbonyl (C=O) groups excluding carboxylic acids is 1. The maximum absolute atomic E-state index is 12.9. The summed E-state index contributed by atoms with van der Waals surface area (Å²) in [4.78, 5) is 12.9. The Morgan fingerprint density at radius 1 is 1.07 bits per heavy atom. The molecule has 0 spiro atoms. The maximum Gasteiger partial charge on any atom is 0.274 e. The largest absolute Gasteiger partial charge is 0.488 e. The Morgan fingerprint density at radius 3 is 2.45 bits per heavy atom. The highest BCUT2D eigenvalue weighted by atomic mass is 16.5. The standard InChI is InChI=1S/C24H28N2O3/c1-6-21(19-11-8-15(2)9-12-19)25-24(27)23-20(18(5)29-26-23)14-28-22-13-16(3)7-10-17(22)4/h7-13,21H,6,14H2,1-5H3,(H,25,27). The highest BCUT2D eigenvalue weighted by Crippen LogP contribution is 2.23. The van der Waals surface area contributed by atoms with Gasteiger partial charge < -0.3 is 14.6 Å². The van der Waals surface area contributed by atoms with Crippen molar-refractivity contribution in [1.29, 1.82) is 0 Å². The Bertz CT molecular complexity index is 990. The van der Waals surface area contributed by atoms with Crippen molar-refractivity contribution in [2.24, 2.45) is 0 Å². The topological polar surface area (TPSA) is 64.4 Å². The Kier molecular flexibility index (Phi) is 6.37. The molecule has 0 saturated heterocycles. The molecule has 5 heteroatoms. The van der Waals surface area contributed by atoms with Gasteiger partial charge in [-0.15, -0.1) is 0 Å². The van der Waals surface area contributed by atoms with Gasteiger partial charge in [0.25, 0.3) is 5.91 Å². The SMILES string of the molecule is CCC(NC(=O)c1noc(C)c1COc1cc(C)ccc1C)c1ccc(C)cc1. The van der Waals surface area contributed by atoms with Gasteiger partial charge in [-0.3, -0.25) is 4.79 Å². The molecule has 1 amide bonds. The molecule has 1 atom stereocenters. The Labute approximate surface area is 172 Å². The van der Waals surface area contributed by atoms with Crippen LogP contribution in [0.25, 0.3) is 0 Å². The van der Waals surface area contributed by atoms with E-state index < -0.39 is 0 Å². The van der Waals surface area contributed by atoms with Crippen molar-refractivity contribution < 1.29 is 14.1 Å². The van der Waals surface area contributed by atoms with Crippen molar-refractivity contribution >= 4 is 5.91 Å². The van der Waals surface area contributed by atoms with E-state index in [1.165, 1.54) is 5.56 Å². The zero-order chi connectivity index (χ0) is 21.0. The van der Waals surface area contributed by atoms with Crippen LogP contribution in [0.4, 0.5) is 0 Å². The number of nitrogens with one attached hydrogen (secondary N) is 1. The van der Waals surface area contributed by atoms with Gasteiger partial charge in [0, 0.05) is 0 Å². The van der Waals surface area contributed by atoms with Crippen molar-refractivity contribution in [3.05, 3.63) is 81.7 Å². The van der Waals surface area contributed by atoms with Gasteiger partial charge in [0.2, 0.25) is 0 Å². The molecule has 0 bridgehead atoms. The lowest BCUT2D eigenvalue weighted by Gasteiger charge is -2.17. The molecule has 2 aromatic carbocycles. The molecule has 29 heavy (non-hydrogen) atoms. The maximum atomic E-state index is 12.9. The number of ether oxygens (including phenoxy) is 1. The van der Waals surface area contributed by atoms with Crippen LogP contribution < -0.4 is 10.1 Å². The highest BCUT2D eigenvalue weighted by molar-refractivity contribution is 5.94. The number of hydrogen-bond acceptors (Lipinski definition) is 4. The molecule has 0 aliphatic heterocycles. The molecular formula is C24H28N2O3. The van der Waals surface area contributed by atoms with E-state index in [9.17, 15) is 4.79 Å². The Hall–Kier alpha value is -3.08. The fourth-order valence-corrected chi connectivity index (χ4v) is 3.20. The summed E-state index contributed by atoms with van der Waals surface area (Å²) in [6.45, 7) is 10.1. The van der Waals surface area contributed by atoms with Crippen LogP contribution in [0.1, 0.15) is 63.5 Å². The minimum Gasteiger partial charge on any atom is -0.488 e. The number of benzene rings is 2. The first kappa shape index (κ1) is 20.6. The van der Waals surface area contributed by atoms with Gasteiger partial charge in [0.05, 0.1) is 11.6 Å². The minimum atomic E-state index is -0.256. The minimum absolute atomic E-state index is 0.0899. The van der Waals surface area contributed by atoms with Gasteiger partial charge in [-0.25, -0.2) is 0 Å². The fourth-order valence-electron chi connectivity index (χ4n) is 3.20. The predicted octanol–water partition coefficient (Wildman–Crippen LogP) is 5.37. The van der Waals surface area contributed by atoms with Crippen LogP contribution in [0.2, 0.25) is 0 Å². The van der Waals surface area contributed by atoms with Crippen molar-refractivity contribution in [3.63, 3.8) is 0 Å². The first-order valence-corrected chi connectivity index (χ1v) is 9.91. The molecule has 0 fully saturated rings. The zero-order valence-electron chi connectivity index (χ0n) is 17.7. The van der Waals surface area contributed by atoms with Crippen molar-refractivity contribution in [2.45, 2.75) is 53.7 Å². The number of nitrogens with zero attached hydrogens (tertiary/aromatic N) is 1. The van der Waals surface area contributed by atoms with Gasteiger partial charge in [0.1, 0.15) is 18.1 Å². The van der Waals surface area contributed by atoms with E-state index in [1.54, 1.807) is 6.92 Å². The lowest BCUT2D eigenvalue weighted by molar-refractivity contribution is 0.0924. The van der Waals surface area contributed by atoms with Gasteiger partial charge >= 0.3 is 0 Å². The summed E-state index contributed by atoms with van der Waals surface area (Å²) < 4.78 is 11.3. The second kappa shape index (κ2) is 8.95. The second-order valence-electron chi connectivity index (χ2n) is 7.47. The predicted molar refractivity (Wildman–Crippen MR) is 113 cm³/mol. The summed E-state index contributed by atoms with van der Waals surface area (Å²) in [5.74, 6) is 1.13.